The largest absolute Gasteiger partial charge is 0.341 e. The molecule has 1 aromatic carbocycles. The number of thiazole rings is 1. The number of aryl methyl sites for hydroxylation is 1. The van der Waals surface area contributed by atoms with E-state index in [4.69, 9.17) is 0 Å². The molecule has 0 spiro atoms. The first-order chi connectivity index (χ1) is 11.1. The van der Waals surface area contributed by atoms with Crippen molar-refractivity contribution in [3.05, 3.63) is 58.2 Å². The number of aromatic amines is 1. The number of nitrogens with zero attached hydrogens (tertiary/aromatic N) is 3. The average molecular weight is 326 g/mol. The summed E-state index contributed by atoms with van der Waals surface area (Å²) in [6.07, 6.45) is 2.55. The molecule has 3 rings (SSSR count). The lowest BCUT2D eigenvalue weighted by atomic mass is 10.1. The molecule has 1 amide bonds. The number of amides is 1. The fourth-order valence-electron chi connectivity index (χ4n) is 2.37. The third-order valence-corrected chi connectivity index (χ3v) is 4.80. The second-order valence-electron chi connectivity index (χ2n) is 5.39. The highest BCUT2D eigenvalue weighted by atomic mass is 32.1. The van der Waals surface area contributed by atoms with Gasteiger partial charge in [-0.05, 0) is 30.7 Å². The molecule has 3 aromatic rings. The molecular formula is C17H18N4OS. The first-order valence-electron chi connectivity index (χ1n) is 7.39. The van der Waals surface area contributed by atoms with Crippen LogP contribution in [-0.2, 0) is 6.42 Å². The maximum Gasteiger partial charge on any atom is 0.253 e. The van der Waals surface area contributed by atoms with Gasteiger partial charge in [-0.15, -0.1) is 11.3 Å². The van der Waals surface area contributed by atoms with Gasteiger partial charge in [0.1, 0.15) is 0 Å². The van der Waals surface area contributed by atoms with Crippen LogP contribution in [0.5, 0.6) is 0 Å². The van der Waals surface area contributed by atoms with Gasteiger partial charge in [-0.1, -0.05) is 12.1 Å². The molecule has 0 unspecified atom stereocenters. The number of carbonyl (C=O) groups excluding carboxylic acids is 1. The monoisotopic (exact) mass is 326 g/mol. The maximum absolute atomic E-state index is 12.5. The van der Waals surface area contributed by atoms with Crippen molar-refractivity contribution < 1.29 is 4.79 Å². The van der Waals surface area contributed by atoms with Crippen molar-refractivity contribution in [2.45, 2.75) is 13.3 Å². The summed E-state index contributed by atoms with van der Waals surface area (Å²) in [4.78, 5) is 19.7. The van der Waals surface area contributed by atoms with Gasteiger partial charge in [-0.2, -0.15) is 5.10 Å². The van der Waals surface area contributed by atoms with Gasteiger partial charge in [0.05, 0.1) is 16.9 Å². The van der Waals surface area contributed by atoms with Gasteiger partial charge in [-0.3, -0.25) is 9.89 Å². The van der Waals surface area contributed by atoms with Crippen LogP contribution < -0.4 is 0 Å². The van der Waals surface area contributed by atoms with Crippen LogP contribution in [-0.4, -0.2) is 39.6 Å². The molecule has 0 saturated carbocycles. The molecule has 2 aromatic heterocycles. The van der Waals surface area contributed by atoms with Crippen LogP contribution in [0.25, 0.3) is 11.3 Å². The fourth-order valence-corrected chi connectivity index (χ4v) is 3.14. The zero-order chi connectivity index (χ0) is 16.2. The topological polar surface area (TPSA) is 61.9 Å². The van der Waals surface area contributed by atoms with Crippen molar-refractivity contribution in [2.24, 2.45) is 0 Å². The van der Waals surface area contributed by atoms with Crippen LogP contribution in [0.4, 0.5) is 0 Å². The zero-order valence-electron chi connectivity index (χ0n) is 13.1. The van der Waals surface area contributed by atoms with Crippen molar-refractivity contribution in [1.29, 1.82) is 0 Å². The first-order valence-corrected chi connectivity index (χ1v) is 8.27. The molecule has 0 atom stereocenters. The standard InChI is InChI=1S/C17H18N4OS/c1-12-16(23-11-18-12)8-10-21(2)17(22)14-5-3-13(4-6-14)15-7-9-19-20-15/h3-7,9,11H,8,10H2,1-2H3,(H,19,20). The molecule has 5 nitrogen and oxygen atoms in total. The molecule has 0 fully saturated rings. The van der Waals surface area contributed by atoms with Crippen LogP contribution in [0.2, 0.25) is 0 Å². The summed E-state index contributed by atoms with van der Waals surface area (Å²) in [6.45, 7) is 2.69. The van der Waals surface area contributed by atoms with Crippen molar-refractivity contribution in [1.82, 2.24) is 20.1 Å². The summed E-state index contributed by atoms with van der Waals surface area (Å²) < 4.78 is 0. The molecule has 0 aliphatic heterocycles. The summed E-state index contributed by atoms with van der Waals surface area (Å²) >= 11 is 1.64. The quantitative estimate of drug-likeness (QED) is 0.783. The second-order valence-corrected chi connectivity index (χ2v) is 6.32. The molecular weight excluding hydrogens is 308 g/mol. The Balaban J connectivity index is 1.64. The van der Waals surface area contributed by atoms with Crippen LogP contribution >= 0.6 is 11.3 Å². The summed E-state index contributed by atoms with van der Waals surface area (Å²) in [6, 6.07) is 9.48. The Bertz CT molecular complexity index is 777. The first kappa shape index (κ1) is 15.4. The van der Waals surface area contributed by atoms with Gasteiger partial charge in [0, 0.05) is 36.7 Å². The Morgan fingerprint density at radius 1 is 1.26 bits per heavy atom. The van der Waals surface area contributed by atoms with E-state index in [1.165, 1.54) is 4.88 Å². The number of benzene rings is 1. The number of hydrogen-bond acceptors (Lipinski definition) is 4. The molecule has 0 saturated heterocycles. The van der Waals surface area contributed by atoms with Crippen molar-refractivity contribution in [3.63, 3.8) is 0 Å². The highest BCUT2D eigenvalue weighted by molar-refractivity contribution is 7.09. The SMILES string of the molecule is Cc1ncsc1CCN(C)C(=O)c1ccc(-c2ccn[nH]2)cc1. The Labute approximate surface area is 139 Å². The normalized spacial score (nSPS) is 10.7. The fraction of sp³-hybridized carbons (Fsp3) is 0.235. The minimum absolute atomic E-state index is 0.0309. The maximum atomic E-state index is 12.5. The third-order valence-electron chi connectivity index (χ3n) is 3.81. The Morgan fingerprint density at radius 3 is 2.65 bits per heavy atom. The molecule has 6 heteroatoms. The van der Waals surface area contributed by atoms with E-state index >= 15 is 0 Å². The van der Waals surface area contributed by atoms with Crippen LogP contribution in [0.3, 0.4) is 0 Å². The Hall–Kier alpha value is -2.47. The zero-order valence-corrected chi connectivity index (χ0v) is 13.9. The van der Waals surface area contributed by atoms with E-state index in [0.717, 1.165) is 23.4 Å². The molecule has 1 N–H and O–H groups in total. The summed E-state index contributed by atoms with van der Waals surface area (Å²) in [5, 5.41) is 6.85. The molecule has 0 radical (unpaired) electrons. The van der Waals surface area contributed by atoms with Gasteiger partial charge in [0.2, 0.25) is 0 Å². The smallest absolute Gasteiger partial charge is 0.253 e. The van der Waals surface area contributed by atoms with Crippen molar-refractivity contribution in [2.75, 3.05) is 13.6 Å². The number of carbonyl (C=O) groups is 1. The molecule has 23 heavy (non-hydrogen) atoms. The summed E-state index contributed by atoms with van der Waals surface area (Å²) in [7, 11) is 1.83. The number of H-pyrrole nitrogens is 1. The van der Waals surface area contributed by atoms with Gasteiger partial charge in [-0.25, -0.2) is 4.98 Å². The van der Waals surface area contributed by atoms with E-state index in [0.29, 0.717) is 12.1 Å². The predicted octanol–water partition coefficient (Wildman–Crippen LogP) is 3.16. The van der Waals surface area contributed by atoms with Gasteiger partial charge in [0.15, 0.2) is 0 Å². The van der Waals surface area contributed by atoms with Crippen molar-refractivity contribution in [3.8, 4) is 11.3 Å². The van der Waals surface area contributed by atoms with Crippen molar-refractivity contribution >= 4 is 17.2 Å². The van der Waals surface area contributed by atoms with Gasteiger partial charge in [0.25, 0.3) is 5.91 Å². The number of hydrogen-bond donors (Lipinski definition) is 1. The predicted molar refractivity (Wildman–Crippen MR) is 91.5 cm³/mol. The molecule has 118 valence electrons. The summed E-state index contributed by atoms with van der Waals surface area (Å²) in [5.74, 6) is 0.0309. The Kier molecular flexibility index (Phi) is 4.52. The lowest BCUT2D eigenvalue weighted by molar-refractivity contribution is 0.0797. The molecule has 0 aliphatic carbocycles. The van der Waals surface area contributed by atoms with E-state index in [2.05, 4.69) is 15.2 Å². The third kappa shape index (κ3) is 3.48. The van der Waals surface area contributed by atoms with Crippen LogP contribution in [0.1, 0.15) is 20.9 Å². The molecule has 2 heterocycles. The number of nitrogens with one attached hydrogen (secondary N) is 1. The number of aromatic nitrogens is 3. The lowest BCUT2D eigenvalue weighted by Gasteiger charge is -2.17. The van der Waals surface area contributed by atoms with E-state index in [1.54, 1.807) is 22.4 Å². The van der Waals surface area contributed by atoms with Crippen LogP contribution in [0.15, 0.2) is 42.0 Å². The Morgan fingerprint density at radius 2 is 2.04 bits per heavy atom. The van der Waals surface area contributed by atoms with E-state index in [9.17, 15) is 4.79 Å². The number of rotatable bonds is 5. The summed E-state index contributed by atoms with van der Waals surface area (Å²) in [5.41, 5.74) is 5.55. The minimum Gasteiger partial charge on any atom is -0.341 e. The van der Waals surface area contributed by atoms with E-state index < -0.39 is 0 Å². The molecule has 0 aliphatic rings. The average Bonchev–Trinajstić information content (AvgIpc) is 3.24. The van der Waals surface area contributed by atoms with E-state index in [-0.39, 0.29) is 5.91 Å². The highest BCUT2D eigenvalue weighted by Gasteiger charge is 2.13. The highest BCUT2D eigenvalue weighted by Crippen LogP contribution is 2.18. The van der Waals surface area contributed by atoms with Crippen LogP contribution in [0, 0.1) is 6.92 Å². The van der Waals surface area contributed by atoms with E-state index in [1.807, 2.05) is 49.8 Å². The van der Waals surface area contributed by atoms with Gasteiger partial charge >= 0.3 is 0 Å². The molecule has 0 bridgehead atoms. The second kappa shape index (κ2) is 6.75. The number of likely N-dealkylation sites (N-methyl/N-ethyl adjacent to an activating group) is 1. The minimum atomic E-state index is 0.0309. The lowest BCUT2D eigenvalue weighted by Crippen LogP contribution is -2.28. The van der Waals surface area contributed by atoms with Gasteiger partial charge < -0.3 is 4.90 Å².